The highest BCUT2D eigenvalue weighted by atomic mass is 35.5. The Kier molecular flexibility index (Phi) is 6.10. The zero-order valence-corrected chi connectivity index (χ0v) is 16.3. The lowest BCUT2D eigenvalue weighted by atomic mass is 10.3. The molecule has 1 heterocycles. The van der Waals surface area contributed by atoms with Crippen LogP contribution in [-0.4, -0.2) is 24.0 Å². The van der Waals surface area contributed by atoms with Crippen molar-refractivity contribution in [3.8, 4) is 17.4 Å². The monoisotopic (exact) mass is 425 g/mol. The van der Waals surface area contributed by atoms with Crippen molar-refractivity contribution < 1.29 is 23.8 Å². The molecule has 0 radical (unpaired) electrons. The lowest BCUT2D eigenvalue weighted by Gasteiger charge is -2.07. The van der Waals surface area contributed by atoms with Gasteiger partial charge in [0.1, 0.15) is 5.75 Å². The van der Waals surface area contributed by atoms with E-state index in [1.807, 2.05) is 0 Å². The smallest absolute Gasteiger partial charge is 0.298 e. The van der Waals surface area contributed by atoms with Crippen molar-refractivity contribution in [3.05, 3.63) is 52.5 Å². The molecule has 1 amide bonds. The Morgan fingerprint density at radius 2 is 2.04 bits per heavy atom. The Bertz CT molecular complexity index is 963. The molecule has 0 saturated heterocycles. The molecule has 1 aromatic heterocycles. The molecule has 0 atom stereocenters. The van der Waals surface area contributed by atoms with Crippen LogP contribution in [0.25, 0.3) is 5.69 Å². The molecule has 0 saturated carbocycles. The molecule has 0 aliphatic rings. The Balaban J connectivity index is 1.71. The maximum Gasteiger partial charge on any atom is 0.298 e. The predicted molar refractivity (Wildman–Crippen MR) is 99.8 cm³/mol. The lowest BCUT2D eigenvalue weighted by Crippen LogP contribution is -2.35. The lowest BCUT2D eigenvalue weighted by molar-refractivity contribution is -0.705. The summed E-state index contributed by atoms with van der Waals surface area (Å²) < 4.78 is 11.2. The van der Waals surface area contributed by atoms with Crippen LogP contribution in [0.5, 0.6) is 11.7 Å². The minimum atomic E-state index is -0.635. The molecule has 27 heavy (non-hydrogen) atoms. The quantitative estimate of drug-likeness (QED) is 0.481. The van der Waals surface area contributed by atoms with E-state index in [2.05, 4.69) is 10.6 Å². The van der Waals surface area contributed by atoms with E-state index >= 15 is 0 Å². The number of amides is 1. The Labute approximate surface area is 168 Å². The summed E-state index contributed by atoms with van der Waals surface area (Å²) in [6.07, 6.45) is 0. The number of nitrogens with zero attached hydrogens (tertiary/aromatic N) is 2. The summed E-state index contributed by atoms with van der Waals surface area (Å²) in [5.74, 6) is -0.372. The summed E-state index contributed by atoms with van der Waals surface area (Å²) in [5.41, 5.74) is 0.993. The summed E-state index contributed by atoms with van der Waals surface area (Å²) in [5, 5.41) is 19.3. The fourth-order valence-corrected chi connectivity index (χ4v) is 3.25. The summed E-state index contributed by atoms with van der Waals surface area (Å²) in [4.78, 5) is 12.2. The topological polar surface area (TPSA) is 91.3 Å². The number of rotatable bonds is 6. The van der Waals surface area contributed by atoms with Crippen molar-refractivity contribution in [2.45, 2.75) is 5.03 Å². The number of thioether (sulfide) groups is 1. The third-order valence-electron chi connectivity index (χ3n) is 3.43. The first kappa shape index (κ1) is 19.3. The van der Waals surface area contributed by atoms with Crippen LogP contribution < -0.4 is 19.8 Å². The van der Waals surface area contributed by atoms with Gasteiger partial charge in [-0.2, -0.15) is 0 Å². The normalized spacial score (nSPS) is 10.6. The maximum atomic E-state index is 12.2. The fourth-order valence-electron chi connectivity index (χ4n) is 2.16. The summed E-state index contributed by atoms with van der Waals surface area (Å²) in [6, 6.07) is 11.6. The number of aromatic nitrogens is 2. The summed E-state index contributed by atoms with van der Waals surface area (Å²) in [7, 11) is 1.56. The average molecular weight is 426 g/mol. The van der Waals surface area contributed by atoms with E-state index in [1.54, 1.807) is 49.6 Å². The molecular weight excluding hydrogens is 413 g/mol. The second-order valence-electron chi connectivity index (χ2n) is 5.24. The summed E-state index contributed by atoms with van der Waals surface area (Å²) >= 11 is 12.9. The highest BCUT2D eigenvalue weighted by Crippen LogP contribution is 2.27. The number of ether oxygens (including phenoxy) is 1. The largest absolute Gasteiger partial charge is 0.538 e. The molecular formula is C17H13Cl2N3O4S. The Morgan fingerprint density at radius 1 is 1.30 bits per heavy atom. The van der Waals surface area contributed by atoms with Crippen molar-refractivity contribution in [3.63, 3.8) is 0 Å². The van der Waals surface area contributed by atoms with Gasteiger partial charge in [0, 0.05) is 17.2 Å². The van der Waals surface area contributed by atoms with E-state index in [4.69, 9.17) is 32.5 Å². The van der Waals surface area contributed by atoms with Gasteiger partial charge in [0.25, 0.3) is 5.03 Å². The first-order chi connectivity index (χ1) is 13.0. The van der Waals surface area contributed by atoms with Gasteiger partial charge in [-0.25, -0.2) is 0 Å². The molecule has 0 aliphatic carbocycles. The van der Waals surface area contributed by atoms with Gasteiger partial charge in [-0.3, -0.25) is 4.79 Å². The number of hydrogen-bond donors (Lipinski definition) is 1. The van der Waals surface area contributed by atoms with E-state index in [1.165, 1.54) is 4.68 Å². The molecule has 10 heteroatoms. The molecule has 1 N–H and O–H groups in total. The molecule has 0 aliphatic heterocycles. The highest BCUT2D eigenvalue weighted by molar-refractivity contribution is 7.99. The van der Waals surface area contributed by atoms with Gasteiger partial charge in [0.05, 0.1) is 28.8 Å². The van der Waals surface area contributed by atoms with Crippen molar-refractivity contribution in [2.75, 3.05) is 18.2 Å². The molecule has 0 fully saturated rings. The van der Waals surface area contributed by atoms with E-state index in [0.29, 0.717) is 27.2 Å². The predicted octanol–water partition coefficient (Wildman–Crippen LogP) is 3.07. The van der Waals surface area contributed by atoms with Crippen LogP contribution in [0.4, 0.5) is 5.69 Å². The maximum absolute atomic E-state index is 12.2. The standard InChI is InChI=1S/C17H13Cl2N3O4S/c1-25-12-5-3-11(4-6-12)22-16(17(24)26-21-22)27-9-15(23)20-14-8-10(18)2-7-13(14)19/h2-8H,9H2,1H3,(H-,20,21,23,24). The fraction of sp³-hybridized carbons (Fsp3) is 0.118. The van der Waals surface area contributed by atoms with Crippen LogP contribution in [-0.2, 0) is 4.79 Å². The van der Waals surface area contributed by atoms with Crippen LogP contribution in [0.1, 0.15) is 0 Å². The molecule has 0 unspecified atom stereocenters. The van der Waals surface area contributed by atoms with Gasteiger partial charge in [-0.15, -0.1) is 0 Å². The van der Waals surface area contributed by atoms with Crippen molar-refractivity contribution in [1.29, 1.82) is 0 Å². The number of methoxy groups -OCH3 is 1. The molecule has 140 valence electrons. The number of carbonyl (C=O) groups is 1. The van der Waals surface area contributed by atoms with Crippen LogP contribution in [0.3, 0.4) is 0 Å². The molecule has 2 aromatic carbocycles. The average Bonchev–Trinajstić information content (AvgIpc) is 3.03. The van der Waals surface area contributed by atoms with Crippen molar-refractivity contribution >= 4 is 46.6 Å². The van der Waals surface area contributed by atoms with Crippen LogP contribution in [0.2, 0.25) is 10.0 Å². The third-order valence-corrected chi connectivity index (χ3v) is 5.02. The number of halogens is 2. The van der Waals surface area contributed by atoms with Crippen LogP contribution in [0, 0.1) is 0 Å². The van der Waals surface area contributed by atoms with E-state index < -0.39 is 5.95 Å². The van der Waals surface area contributed by atoms with Crippen molar-refractivity contribution in [1.82, 2.24) is 5.27 Å². The second kappa shape index (κ2) is 8.51. The number of benzene rings is 2. The number of carbonyl (C=O) groups excluding carboxylic acids is 1. The van der Waals surface area contributed by atoms with Gasteiger partial charge in [0.2, 0.25) is 11.6 Å². The molecule has 3 rings (SSSR count). The molecule has 3 aromatic rings. The second-order valence-corrected chi connectivity index (χ2v) is 7.04. The Hall–Kier alpha value is -2.42. The Morgan fingerprint density at radius 3 is 2.74 bits per heavy atom. The SMILES string of the molecule is COc1ccc(-[n+]2noc([O-])c2SCC(=O)Nc2cc(Cl)ccc2Cl)cc1. The highest BCUT2D eigenvalue weighted by Gasteiger charge is 2.22. The van der Waals surface area contributed by atoms with E-state index in [9.17, 15) is 9.90 Å². The van der Waals surface area contributed by atoms with Crippen molar-refractivity contribution in [2.24, 2.45) is 0 Å². The number of anilines is 1. The van der Waals surface area contributed by atoms with Gasteiger partial charge in [-0.1, -0.05) is 23.2 Å². The first-order valence-electron chi connectivity index (χ1n) is 7.59. The van der Waals surface area contributed by atoms with E-state index in [0.717, 1.165) is 11.8 Å². The number of hydrogen-bond acceptors (Lipinski definition) is 6. The van der Waals surface area contributed by atoms with Gasteiger partial charge in [0.15, 0.2) is 5.95 Å². The van der Waals surface area contributed by atoms with Crippen LogP contribution >= 0.6 is 35.0 Å². The van der Waals surface area contributed by atoms with E-state index in [-0.39, 0.29) is 16.7 Å². The minimum Gasteiger partial charge on any atom is -0.538 e. The molecule has 0 spiro atoms. The molecule has 7 nitrogen and oxygen atoms in total. The van der Waals surface area contributed by atoms with Crippen LogP contribution in [0.15, 0.2) is 52.0 Å². The van der Waals surface area contributed by atoms with Gasteiger partial charge in [-0.05, 0) is 46.8 Å². The minimum absolute atomic E-state index is 0.0462. The van der Waals surface area contributed by atoms with Gasteiger partial charge < -0.3 is 19.7 Å². The zero-order chi connectivity index (χ0) is 19.4. The van der Waals surface area contributed by atoms with Gasteiger partial charge >= 0.3 is 0 Å². The third kappa shape index (κ3) is 4.65. The summed E-state index contributed by atoms with van der Waals surface area (Å²) in [6.45, 7) is 0. The number of nitrogens with one attached hydrogen (secondary N) is 1. The zero-order valence-electron chi connectivity index (χ0n) is 13.9. The molecule has 0 bridgehead atoms. The first-order valence-corrected chi connectivity index (χ1v) is 9.33.